The van der Waals surface area contributed by atoms with E-state index >= 15 is 0 Å². The Hall–Kier alpha value is -1.40. The van der Waals surface area contributed by atoms with E-state index in [2.05, 4.69) is 4.74 Å². The van der Waals surface area contributed by atoms with Gasteiger partial charge in [0.25, 0.3) is 0 Å². The molecule has 1 saturated heterocycles. The molecule has 0 saturated carbocycles. The first-order valence-electron chi connectivity index (χ1n) is 7.02. The molecule has 0 atom stereocenters. The van der Waals surface area contributed by atoms with E-state index in [0.29, 0.717) is 32.9 Å². The molecule has 122 valence electrons. The maximum absolute atomic E-state index is 12.7. The molecule has 0 aliphatic carbocycles. The first kappa shape index (κ1) is 17.7. The lowest BCUT2D eigenvalue weighted by Gasteiger charge is -2.33. The van der Waals surface area contributed by atoms with Crippen molar-refractivity contribution >= 4 is 12.1 Å². The Balaban J connectivity index is 2.33. The second-order valence-corrected chi connectivity index (χ2v) is 6.40. The van der Waals surface area contributed by atoms with Gasteiger partial charge in [-0.15, -0.1) is 0 Å². The van der Waals surface area contributed by atoms with Crippen molar-refractivity contribution in [3.05, 3.63) is 0 Å². The van der Waals surface area contributed by atoms with Gasteiger partial charge in [-0.3, -0.25) is 0 Å². The minimum Gasteiger partial charge on any atom is -0.461 e. The zero-order valence-corrected chi connectivity index (χ0v) is 12.9. The molecule has 1 rings (SSSR count). The van der Waals surface area contributed by atoms with Gasteiger partial charge in [0.2, 0.25) is 0 Å². The smallest absolute Gasteiger partial charge is 0.410 e. The summed E-state index contributed by atoms with van der Waals surface area (Å²) in [5.41, 5.74) is -0.545. The van der Waals surface area contributed by atoms with Crippen molar-refractivity contribution in [2.75, 3.05) is 19.7 Å². The van der Waals surface area contributed by atoms with Crippen molar-refractivity contribution in [1.82, 2.24) is 4.90 Å². The number of rotatable bonds is 3. The molecule has 1 aliphatic heterocycles. The Kier molecular flexibility index (Phi) is 5.53. The van der Waals surface area contributed by atoms with Crippen LogP contribution in [0.15, 0.2) is 0 Å². The Morgan fingerprint density at radius 2 is 1.67 bits per heavy atom. The first-order valence-corrected chi connectivity index (χ1v) is 7.02. The van der Waals surface area contributed by atoms with Crippen molar-refractivity contribution < 1.29 is 27.8 Å². The molecule has 0 aromatic heterocycles. The van der Waals surface area contributed by atoms with Gasteiger partial charge < -0.3 is 14.4 Å². The van der Waals surface area contributed by atoms with Gasteiger partial charge in [-0.25, -0.2) is 9.59 Å². The molecule has 0 radical (unpaired) electrons. The van der Waals surface area contributed by atoms with E-state index < -0.39 is 17.5 Å². The van der Waals surface area contributed by atoms with Gasteiger partial charge in [0.15, 0.2) is 0 Å². The highest BCUT2D eigenvalue weighted by atomic mass is 19.3. The quantitative estimate of drug-likeness (QED) is 0.752. The molecule has 0 aromatic carbocycles. The number of nitrogens with zero attached hydrogens (tertiary/aromatic N) is 1. The van der Waals surface area contributed by atoms with Crippen LogP contribution in [0.2, 0.25) is 0 Å². The zero-order valence-electron chi connectivity index (χ0n) is 12.9. The third-order valence-corrected chi connectivity index (χ3v) is 3.07. The van der Waals surface area contributed by atoms with Crippen LogP contribution in [0.5, 0.6) is 0 Å². The molecule has 0 unspecified atom stereocenters. The summed E-state index contributed by atoms with van der Waals surface area (Å²) in [4.78, 5) is 24.4. The van der Waals surface area contributed by atoms with E-state index in [1.54, 1.807) is 25.7 Å². The lowest BCUT2D eigenvalue weighted by molar-refractivity contribution is -0.171. The number of hydrogen-bond acceptors (Lipinski definition) is 4. The molecule has 1 amide bonds. The summed E-state index contributed by atoms with van der Waals surface area (Å²) in [6, 6.07) is 0. The number of hydrogen-bond donors (Lipinski definition) is 0. The van der Waals surface area contributed by atoms with E-state index in [-0.39, 0.29) is 18.6 Å². The number of alkyl halides is 2. The van der Waals surface area contributed by atoms with Crippen molar-refractivity contribution in [1.29, 1.82) is 0 Å². The first-order chi connectivity index (χ1) is 9.49. The molecule has 1 fully saturated rings. The second kappa shape index (κ2) is 6.58. The minimum atomic E-state index is -3.46. The van der Waals surface area contributed by atoms with Crippen molar-refractivity contribution in [2.45, 2.75) is 52.1 Å². The molecule has 1 heterocycles. The molecular weight excluding hydrogens is 284 g/mol. The average Bonchev–Trinajstić information content (AvgIpc) is 2.33. The molecule has 1 aliphatic rings. The Morgan fingerprint density at radius 1 is 1.14 bits per heavy atom. The summed E-state index contributed by atoms with van der Waals surface area (Å²) in [7, 11) is 0. The lowest BCUT2D eigenvalue weighted by Crippen LogP contribution is -2.42. The van der Waals surface area contributed by atoms with Gasteiger partial charge in [0, 0.05) is 20.0 Å². The standard InChI is InChI=1S/C14H23F2NO4/c1-13(2,3)21-12(19)17-7-5-10(6-8-17)9-20-11(18)14(4,15)16/h10H,5-9H2,1-4H3. The fourth-order valence-corrected chi connectivity index (χ4v) is 1.93. The predicted molar refractivity (Wildman–Crippen MR) is 72.1 cm³/mol. The minimum absolute atomic E-state index is 0.00464. The van der Waals surface area contributed by atoms with E-state index in [4.69, 9.17) is 4.74 Å². The van der Waals surface area contributed by atoms with Crippen LogP contribution >= 0.6 is 0 Å². The van der Waals surface area contributed by atoms with Crippen LogP contribution in [0.25, 0.3) is 0 Å². The van der Waals surface area contributed by atoms with Crippen molar-refractivity contribution in [3.63, 3.8) is 0 Å². The van der Waals surface area contributed by atoms with Gasteiger partial charge in [0.05, 0.1) is 6.61 Å². The van der Waals surface area contributed by atoms with Crippen LogP contribution in [0.1, 0.15) is 40.5 Å². The van der Waals surface area contributed by atoms with Crippen molar-refractivity contribution in [2.24, 2.45) is 5.92 Å². The van der Waals surface area contributed by atoms with E-state index in [9.17, 15) is 18.4 Å². The number of carbonyl (C=O) groups is 2. The number of likely N-dealkylation sites (tertiary alicyclic amines) is 1. The highest BCUT2D eigenvalue weighted by molar-refractivity contribution is 5.76. The van der Waals surface area contributed by atoms with Crippen molar-refractivity contribution in [3.8, 4) is 0 Å². The van der Waals surface area contributed by atoms with E-state index in [1.807, 2.05) is 0 Å². The second-order valence-electron chi connectivity index (χ2n) is 6.40. The van der Waals surface area contributed by atoms with Gasteiger partial charge in [0.1, 0.15) is 5.60 Å². The van der Waals surface area contributed by atoms with Crippen LogP contribution in [-0.4, -0.2) is 48.2 Å². The van der Waals surface area contributed by atoms with Gasteiger partial charge >= 0.3 is 18.0 Å². The van der Waals surface area contributed by atoms with Gasteiger partial charge in [-0.2, -0.15) is 8.78 Å². The monoisotopic (exact) mass is 307 g/mol. The number of amides is 1. The number of ether oxygens (including phenoxy) is 2. The Bertz CT molecular complexity index is 379. The van der Waals surface area contributed by atoms with Crippen LogP contribution in [0, 0.1) is 5.92 Å². The molecule has 0 N–H and O–H groups in total. The van der Waals surface area contributed by atoms with E-state index in [0.717, 1.165) is 0 Å². The highest BCUT2D eigenvalue weighted by Crippen LogP contribution is 2.21. The SMILES string of the molecule is CC(C)(C)OC(=O)N1CCC(COC(=O)C(C)(F)F)CC1. The molecule has 0 bridgehead atoms. The number of piperidine rings is 1. The largest absolute Gasteiger partial charge is 0.461 e. The Morgan fingerprint density at radius 3 is 2.10 bits per heavy atom. The topological polar surface area (TPSA) is 55.8 Å². The number of esters is 1. The summed E-state index contributed by atoms with van der Waals surface area (Å²) in [5, 5.41) is 0. The predicted octanol–water partition coefficient (Wildman–Crippen LogP) is 2.83. The highest BCUT2D eigenvalue weighted by Gasteiger charge is 2.35. The van der Waals surface area contributed by atoms with Crippen LogP contribution < -0.4 is 0 Å². The molecule has 0 spiro atoms. The molecule has 0 aromatic rings. The van der Waals surface area contributed by atoms with Gasteiger partial charge in [-0.1, -0.05) is 0 Å². The Labute approximate surface area is 123 Å². The summed E-state index contributed by atoms with van der Waals surface area (Å²) >= 11 is 0. The maximum Gasteiger partial charge on any atom is 0.410 e. The fraction of sp³-hybridized carbons (Fsp3) is 0.857. The van der Waals surface area contributed by atoms with Crippen LogP contribution in [-0.2, 0) is 14.3 Å². The average molecular weight is 307 g/mol. The zero-order chi connectivity index (χ0) is 16.3. The molecular formula is C14H23F2NO4. The summed E-state index contributed by atoms with van der Waals surface area (Å²) < 4.78 is 35.2. The van der Waals surface area contributed by atoms with E-state index in [1.165, 1.54) is 0 Å². The fourth-order valence-electron chi connectivity index (χ4n) is 1.93. The molecule has 7 heteroatoms. The molecule has 5 nitrogen and oxygen atoms in total. The normalized spacial score (nSPS) is 17.5. The van der Waals surface area contributed by atoms with Crippen LogP contribution in [0.4, 0.5) is 13.6 Å². The van der Waals surface area contributed by atoms with Gasteiger partial charge in [-0.05, 0) is 39.5 Å². The summed E-state index contributed by atoms with van der Waals surface area (Å²) in [5.74, 6) is -4.97. The van der Waals surface area contributed by atoms with Crippen LogP contribution in [0.3, 0.4) is 0 Å². The molecule has 21 heavy (non-hydrogen) atoms. The summed E-state index contributed by atoms with van der Waals surface area (Å²) in [6.45, 7) is 6.80. The number of carbonyl (C=O) groups excluding carboxylic acids is 2. The number of halogens is 2. The maximum atomic E-state index is 12.7. The lowest BCUT2D eigenvalue weighted by atomic mass is 9.98. The third kappa shape index (κ3) is 6.27. The summed E-state index contributed by atoms with van der Waals surface area (Å²) in [6.07, 6.45) is 0.821. The third-order valence-electron chi connectivity index (χ3n) is 3.07.